The van der Waals surface area contributed by atoms with Crippen molar-refractivity contribution in [3.05, 3.63) is 18.1 Å². The Hall–Kier alpha value is -0.770. The van der Waals surface area contributed by atoms with Crippen molar-refractivity contribution < 1.29 is 34.0 Å². The number of hydrogen-bond acceptors (Lipinski definition) is 8. The number of morpholine rings is 1. The van der Waals surface area contributed by atoms with Gasteiger partial charge < -0.3 is 29.2 Å². The second-order valence-electron chi connectivity index (χ2n) is 18.7. The van der Waals surface area contributed by atoms with Crippen LogP contribution >= 0.6 is 0 Å². The summed E-state index contributed by atoms with van der Waals surface area (Å²) in [5.41, 5.74) is -1.36. The molecule has 11 atom stereocenters. The van der Waals surface area contributed by atoms with Crippen LogP contribution in [-0.2, 0) is 23.7 Å². The predicted molar refractivity (Wildman–Crippen MR) is 178 cm³/mol. The van der Waals surface area contributed by atoms with Crippen LogP contribution in [0.1, 0.15) is 121 Å². The van der Waals surface area contributed by atoms with E-state index in [1.165, 1.54) is 26.2 Å². The summed E-state index contributed by atoms with van der Waals surface area (Å²) in [4.78, 5) is 14.5. The Balaban J connectivity index is 1.13. The van der Waals surface area contributed by atoms with E-state index in [1.807, 2.05) is 0 Å². The SMILES string of the molecule is CC(=O)O[C@@H]([C]1C[C@@H](C)[C@H]2[C](O1)[C@H](O)[C@@]1(C)[C]3CC[C@H]4C(C)(C)C(O[C@H]5CN(C(C)C)CCO5)CC[C@@]45C[C@@]35CC[C@]21C)C(C)(C)O. The molecule has 2 aliphatic heterocycles. The maximum absolute atomic E-state index is 12.5. The van der Waals surface area contributed by atoms with Crippen LogP contribution in [0.2, 0.25) is 0 Å². The minimum absolute atomic E-state index is 0.0414. The van der Waals surface area contributed by atoms with Gasteiger partial charge in [-0.15, -0.1) is 0 Å². The van der Waals surface area contributed by atoms with Crippen molar-refractivity contribution in [2.45, 2.75) is 157 Å². The number of aliphatic hydroxyl groups is 2. The molecule has 5 aliphatic carbocycles. The lowest BCUT2D eigenvalue weighted by Crippen LogP contribution is -2.59. The molecule has 5 saturated carbocycles. The second kappa shape index (κ2) is 11.1. The number of esters is 1. The van der Waals surface area contributed by atoms with Gasteiger partial charge in [-0.05, 0) is 118 Å². The molecule has 0 aromatic rings. The normalized spacial score (nSPS) is 47.8. The fraction of sp³-hybridized carbons (Fsp3) is 0.897. The van der Waals surface area contributed by atoms with Crippen molar-refractivity contribution in [2.75, 3.05) is 19.7 Å². The maximum Gasteiger partial charge on any atom is 0.303 e. The summed E-state index contributed by atoms with van der Waals surface area (Å²) >= 11 is 0. The summed E-state index contributed by atoms with van der Waals surface area (Å²) < 4.78 is 25.3. The van der Waals surface area contributed by atoms with E-state index in [0.29, 0.717) is 24.5 Å². The zero-order chi connectivity index (χ0) is 34.1. The average molecular weight is 657 g/mol. The van der Waals surface area contributed by atoms with E-state index in [9.17, 15) is 15.0 Å². The molecule has 7 fully saturated rings. The molecule has 0 amide bonds. The lowest BCUT2D eigenvalue weighted by molar-refractivity contribution is -0.245. The zero-order valence-electron chi connectivity index (χ0n) is 30.8. The highest BCUT2D eigenvalue weighted by Gasteiger charge is 2.85. The van der Waals surface area contributed by atoms with E-state index in [1.54, 1.807) is 19.8 Å². The molecule has 8 heteroatoms. The van der Waals surface area contributed by atoms with Gasteiger partial charge in [0.2, 0.25) is 0 Å². The van der Waals surface area contributed by atoms with Gasteiger partial charge in [-0.1, -0.05) is 34.6 Å². The number of nitrogens with zero attached hydrogens (tertiary/aromatic N) is 1. The minimum Gasteiger partial charge on any atom is -0.456 e. The molecular weight excluding hydrogens is 594 g/mol. The van der Waals surface area contributed by atoms with E-state index in [0.717, 1.165) is 51.5 Å². The molecule has 3 radical (unpaired) electrons. The highest BCUT2D eigenvalue weighted by Crippen LogP contribution is 2.90. The second-order valence-corrected chi connectivity index (χ2v) is 18.7. The van der Waals surface area contributed by atoms with E-state index >= 15 is 0 Å². The molecule has 2 spiro atoms. The summed E-state index contributed by atoms with van der Waals surface area (Å²) in [6.07, 6.45) is 8.16. The van der Waals surface area contributed by atoms with Gasteiger partial charge in [-0.25, -0.2) is 0 Å². The van der Waals surface area contributed by atoms with Crippen LogP contribution in [0.4, 0.5) is 0 Å². The van der Waals surface area contributed by atoms with Gasteiger partial charge in [0.25, 0.3) is 0 Å². The zero-order valence-corrected chi connectivity index (χ0v) is 30.8. The van der Waals surface area contributed by atoms with Crippen LogP contribution in [0.25, 0.3) is 0 Å². The van der Waals surface area contributed by atoms with Crippen molar-refractivity contribution in [2.24, 2.45) is 44.8 Å². The highest BCUT2D eigenvalue weighted by atomic mass is 16.7. The summed E-state index contributed by atoms with van der Waals surface area (Å²) in [7, 11) is 0. The smallest absolute Gasteiger partial charge is 0.303 e. The molecule has 0 bridgehead atoms. The predicted octanol–water partition coefficient (Wildman–Crippen LogP) is 6.24. The van der Waals surface area contributed by atoms with E-state index in [4.69, 9.17) is 18.9 Å². The van der Waals surface area contributed by atoms with Crippen LogP contribution in [0, 0.1) is 63.0 Å². The molecule has 47 heavy (non-hydrogen) atoms. The molecule has 0 aromatic heterocycles. The lowest BCUT2D eigenvalue weighted by atomic mass is 9.41. The van der Waals surface area contributed by atoms with E-state index in [-0.39, 0.29) is 45.9 Å². The average Bonchev–Trinajstić information content (AvgIpc) is 3.61. The van der Waals surface area contributed by atoms with Gasteiger partial charge in [-0.3, -0.25) is 9.69 Å². The Morgan fingerprint density at radius 1 is 1.11 bits per heavy atom. The quantitative estimate of drug-likeness (QED) is 0.325. The Morgan fingerprint density at radius 2 is 1.83 bits per heavy atom. The molecule has 1 unspecified atom stereocenters. The van der Waals surface area contributed by atoms with Crippen LogP contribution in [0.3, 0.4) is 0 Å². The van der Waals surface area contributed by atoms with E-state index < -0.39 is 29.2 Å². The van der Waals surface area contributed by atoms with Gasteiger partial charge >= 0.3 is 5.97 Å². The molecule has 7 aliphatic rings. The lowest BCUT2D eigenvalue weighted by Gasteiger charge is -2.63. The third-order valence-electron chi connectivity index (χ3n) is 15.3. The molecule has 7 rings (SSSR count). The third kappa shape index (κ3) is 4.76. The Bertz CT molecular complexity index is 1230. The molecule has 0 aromatic carbocycles. The topological polar surface area (TPSA) is 97.7 Å². The van der Waals surface area contributed by atoms with Gasteiger partial charge in [0.15, 0.2) is 12.4 Å². The number of carbonyl (C=O) groups is 1. The number of carbonyl (C=O) groups excluding carboxylic acids is 1. The number of fused-ring (bicyclic) bond motifs is 4. The molecule has 2 saturated heterocycles. The Labute approximate surface area is 284 Å². The first kappa shape index (κ1) is 34.7. The monoisotopic (exact) mass is 656 g/mol. The fourth-order valence-electron chi connectivity index (χ4n) is 13.0. The summed E-state index contributed by atoms with van der Waals surface area (Å²) in [6.45, 7) is 23.7. The van der Waals surface area contributed by atoms with Crippen LogP contribution in [0.15, 0.2) is 0 Å². The summed E-state index contributed by atoms with van der Waals surface area (Å²) in [6, 6.07) is 0.493. The molecule has 2 N–H and O–H groups in total. The van der Waals surface area contributed by atoms with Gasteiger partial charge in [0.05, 0.1) is 24.4 Å². The first-order chi connectivity index (χ1) is 21.8. The fourth-order valence-corrected chi connectivity index (χ4v) is 13.0. The Morgan fingerprint density at radius 3 is 2.49 bits per heavy atom. The van der Waals surface area contributed by atoms with Crippen molar-refractivity contribution >= 4 is 5.97 Å². The van der Waals surface area contributed by atoms with Gasteiger partial charge in [0.1, 0.15) is 12.2 Å². The van der Waals surface area contributed by atoms with Crippen LogP contribution in [0.5, 0.6) is 0 Å². The van der Waals surface area contributed by atoms with Crippen molar-refractivity contribution in [3.8, 4) is 0 Å². The molecule has 8 nitrogen and oxygen atoms in total. The molecule has 2 heterocycles. The Kier molecular flexibility index (Phi) is 8.20. The van der Waals surface area contributed by atoms with Crippen LogP contribution < -0.4 is 0 Å². The summed E-state index contributed by atoms with van der Waals surface area (Å²) in [5, 5.41) is 23.5. The van der Waals surface area contributed by atoms with Gasteiger partial charge in [0, 0.05) is 37.4 Å². The third-order valence-corrected chi connectivity index (χ3v) is 15.3. The molecular formula is C39H62NO7. The van der Waals surface area contributed by atoms with Crippen LogP contribution in [-0.4, -0.2) is 77.0 Å². The maximum atomic E-state index is 12.5. The number of hydrogen-bond donors (Lipinski definition) is 2. The number of aliphatic hydroxyl groups excluding tert-OH is 1. The minimum atomic E-state index is -1.30. The molecule has 265 valence electrons. The van der Waals surface area contributed by atoms with Crippen molar-refractivity contribution in [1.29, 1.82) is 0 Å². The summed E-state index contributed by atoms with van der Waals surface area (Å²) in [5.74, 6) is 2.02. The number of rotatable bonds is 6. The first-order valence-corrected chi connectivity index (χ1v) is 18.7. The number of ether oxygens (including phenoxy) is 4. The van der Waals surface area contributed by atoms with Crippen molar-refractivity contribution in [3.63, 3.8) is 0 Å². The largest absolute Gasteiger partial charge is 0.456 e. The van der Waals surface area contributed by atoms with Gasteiger partial charge in [-0.2, -0.15) is 0 Å². The standard InChI is InChI=1S/C39H62NO7/c1-22(2)40-17-18-44-29(20-40)47-28-13-14-38-21-39(38)16-15-36(9)30-23(3)19-25(33(35(7,8)43)45-24(4)41)46-31(30)32(42)37(36,10)27(39)12-11-26(38)34(28,5)6/h22-23,26,28-30,32-33,42-43H,11-21H2,1-10H3/t23-,26+,28?,29+,30+,32+,33+,36-,37-,38-,39+/m1/s1. The van der Waals surface area contributed by atoms with Crippen molar-refractivity contribution in [1.82, 2.24) is 4.90 Å². The van der Waals surface area contributed by atoms with E-state index in [2.05, 4.69) is 53.4 Å². The first-order valence-electron chi connectivity index (χ1n) is 18.7. The highest BCUT2D eigenvalue weighted by molar-refractivity contribution is 5.66.